The molecule has 0 aromatic heterocycles. The van der Waals surface area contributed by atoms with E-state index in [1.807, 2.05) is 75.1 Å². The van der Waals surface area contributed by atoms with Gasteiger partial charge in [0.25, 0.3) is 0 Å². The number of carbonyl (C=O) groups is 1. The number of nitrogens with one attached hydrogen (secondary N) is 1. The topological polar surface area (TPSA) is 102 Å². The molecule has 0 aliphatic rings. The number of amidine groups is 1. The molecule has 0 radical (unpaired) electrons. The number of anilines is 2. The summed E-state index contributed by atoms with van der Waals surface area (Å²) in [6.07, 6.45) is 11.1. The SMILES string of the molecule is C/C=C\C(=N/C(C)N(COC(=O)CCCCCC)c1ccc(C#N)cc1)Nc1c(C)cc(/C=C/C#N)cc1C. The number of hydrogen-bond acceptors (Lipinski definition) is 6. The molecule has 0 saturated carbocycles. The lowest BCUT2D eigenvalue weighted by Gasteiger charge is -2.29. The maximum Gasteiger partial charge on any atom is 0.307 e. The second kappa shape index (κ2) is 16.5. The minimum atomic E-state index is -0.386. The van der Waals surface area contributed by atoms with Crippen molar-refractivity contribution in [3.63, 3.8) is 0 Å². The number of aliphatic imine (C=N–C) groups is 1. The fraction of sp³-hybridized carbons (Fsp3) is 0.375. The summed E-state index contributed by atoms with van der Waals surface area (Å²) in [5.74, 6) is 0.422. The Balaban J connectivity index is 2.31. The Kier molecular flexibility index (Phi) is 13.0. The fourth-order valence-corrected chi connectivity index (χ4v) is 4.13. The number of ether oxygens (including phenoxy) is 1. The average molecular weight is 526 g/mol. The standard InChI is InChI=1S/C32H39N5O2/c1-6-8-9-10-14-31(38)39-23-37(29-17-15-27(22-34)16-18-29)26(5)35-30(12-7-2)36-32-24(3)20-28(13-11-19-33)21-25(32)4/h7,11-13,15-18,20-21,26H,6,8-10,14,23H2,1-5H3,(H,35,36)/b12-7-,13-11+. The Bertz CT molecular complexity index is 1240. The summed E-state index contributed by atoms with van der Waals surface area (Å²) in [6.45, 7) is 10.1. The van der Waals surface area contributed by atoms with Crippen LogP contribution in [0.5, 0.6) is 0 Å². The summed E-state index contributed by atoms with van der Waals surface area (Å²) >= 11 is 0. The summed E-state index contributed by atoms with van der Waals surface area (Å²) in [5.41, 5.74) is 5.30. The van der Waals surface area contributed by atoms with E-state index in [0.29, 0.717) is 17.8 Å². The van der Waals surface area contributed by atoms with Crippen molar-refractivity contribution in [2.24, 2.45) is 4.99 Å². The third-order valence-corrected chi connectivity index (χ3v) is 6.19. The van der Waals surface area contributed by atoms with E-state index in [1.165, 1.54) is 6.08 Å². The average Bonchev–Trinajstić information content (AvgIpc) is 2.92. The first-order valence-corrected chi connectivity index (χ1v) is 13.4. The molecule has 2 aromatic rings. The van der Waals surface area contributed by atoms with Gasteiger partial charge in [-0.3, -0.25) is 4.79 Å². The zero-order valence-corrected chi connectivity index (χ0v) is 23.7. The first-order valence-electron chi connectivity index (χ1n) is 13.4. The van der Waals surface area contributed by atoms with Gasteiger partial charge in [-0.1, -0.05) is 32.3 Å². The van der Waals surface area contributed by atoms with Crippen molar-refractivity contribution >= 4 is 29.3 Å². The van der Waals surface area contributed by atoms with Crippen LogP contribution < -0.4 is 10.2 Å². The second-order valence-electron chi connectivity index (χ2n) is 9.35. The smallest absolute Gasteiger partial charge is 0.307 e. The molecule has 39 heavy (non-hydrogen) atoms. The van der Waals surface area contributed by atoms with Crippen molar-refractivity contribution in [1.82, 2.24) is 0 Å². The first-order chi connectivity index (χ1) is 18.8. The molecule has 1 atom stereocenters. The van der Waals surface area contributed by atoms with Crippen molar-refractivity contribution in [2.45, 2.75) is 72.9 Å². The van der Waals surface area contributed by atoms with Gasteiger partial charge in [-0.2, -0.15) is 10.5 Å². The van der Waals surface area contributed by atoms with E-state index in [2.05, 4.69) is 18.3 Å². The van der Waals surface area contributed by atoms with Crippen molar-refractivity contribution in [2.75, 3.05) is 16.9 Å². The molecule has 1 N–H and O–H groups in total. The lowest BCUT2D eigenvalue weighted by molar-refractivity contribution is -0.143. The van der Waals surface area contributed by atoms with Gasteiger partial charge in [0, 0.05) is 23.9 Å². The van der Waals surface area contributed by atoms with E-state index in [4.69, 9.17) is 15.0 Å². The third-order valence-electron chi connectivity index (χ3n) is 6.19. The largest absolute Gasteiger partial charge is 0.444 e. The Morgan fingerprint density at radius 2 is 1.82 bits per heavy atom. The highest BCUT2D eigenvalue weighted by molar-refractivity contribution is 6.04. The van der Waals surface area contributed by atoms with Gasteiger partial charge < -0.3 is 15.0 Å². The highest BCUT2D eigenvalue weighted by Gasteiger charge is 2.17. The van der Waals surface area contributed by atoms with Crippen LogP contribution in [0.2, 0.25) is 0 Å². The highest BCUT2D eigenvalue weighted by Crippen LogP contribution is 2.24. The normalized spacial score (nSPS) is 12.2. The van der Waals surface area contributed by atoms with Crippen LogP contribution in [0.15, 0.2) is 59.6 Å². The monoisotopic (exact) mass is 525 g/mol. The molecule has 2 rings (SSSR count). The number of nitrogens with zero attached hydrogens (tertiary/aromatic N) is 4. The van der Waals surface area contributed by atoms with E-state index < -0.39 is 0 Å². The summed E-state index contributed by atoms with van der Waals surface area (Å²) in [5, 5.41) is 21.5. The molecule has 0 spiro atoms. The predicted octanol–water partition coefficient (Wildman–Crippen LogP) is 7.42. The van der Waals surface area contributed by atoms with Gasteiger partial charge in [0.2, 0.25) is 0 Å². The first kappa shape index (κ1) is 30.9. The van der Waals surface area contributed by atoms with Gasteiger partial charge in [0.1, 0.15) is 12.0 Å². The minimum Gasteiger partial charge on any atom is -0.444 e. The lowest BCUT2D eigenvalue weighted by Crippen LogP contribution is -2.36. The van der Waals surface area contributed by atoms with Gasteiger partial charge in [-0.05, 0) is 99.4 Å². The summed E-state index contributed by atoms with van der Waals surface area (Å²) in [6, 6.07) is 15.4. The van der Waals surface area contributed by atoms with Crippen molar-refractivity contribution in [3.8, 4) is 12.1 Å². The van der Waals surface area contributed by atoms with Crippen LogP contribution in [0.25, 0.3) is 6.08 Å². The van der Waals surface area contributed by atoms with Crippen LogP contribution in [0.4, 0.5) is 11.4 Å². The molecule has 0 aliphatic heterocycles. The van der Waals surface area contributed by atoms with Crippen molar-refractivity contribution in [1.29, 1.82) is 10.5 Å². The number of benzene rings is 2. The van der Waals surface area contributed by atoms with Crippen molar-refractivity contribution < 1.29 is 9.53 Å². The van der Waals surface area contributed by atoms with E-state index in [-0.39, 0.29) is 18.9 Å². The predicted molar refractivity (Wildman–Crippen MR) is 159 cm³/mol. The van der Waals surface area contributed by atoms with Crippen LogP contribution in [0, 0.1) is 36.5 Å². The molecular weight excluding hydrogens is 486 g/mol. The Hall–Kier alpha value is -4.36. The molecule has 0 heterocycles. The summed E-state index contributed by atoms with van der Waals surface area (Å²) < 4.78 is 5.64. The summed E-state index contributed by atoms with van der Waals surface area (Å²) in [4.78, 5) is 19.3. The van der Waals surface area contributed by atoms with Crippen LogP contribution in [-0.2, 0) is 9.53 Å². The number of rotatable bonds is 13. The fourth-order valence-electron chi connectivity index (χ4n) is 4.13. The van der Waals surface area contributed by atoms with Crippen molar-refractivity contribution in [3.05, 3.63) is 76.9 Å². The van der Waals surface area contributed by atoms with E-state index in [1.54, 1.807) is 18.2 Å². The zero-order chi connectivity index (χ0) is 28.6. The molecular formula is C32H39N5O2. The molecule has 7 nitrogen and oxygen atoms in total. The number of unbranched alkanes of at least 4 members (excludes halogenated alkanes) is 3. The van der Waals surface area contributed by atoms with E-state index >= 15 is 0 Å². The minimum absolute atomic E-state index is 0.0459. The maximum absolute atomic E-state index is 12.4. The van der Waals surface area contributed by atoms with E-state index in [0.717, 1.165) is 53.7 Å². The second-order valence-corrected chi connectivity index (χ2v) is 9.35. The molecule has 0 bridgehead atoms. The summed E-state index contributed by atoms with van der Waals surface area (Å²) in [7, 11) is 0. The Labute approximate surface area is 233 Å². The van der Waals surface area contributed by atoms with Crippen LogP contribution in [0.3, 0.4) is 0 Å². The Morgan fingerprint density at radius 1 is 1.13 bits per heavy atom. The molecule has 204 valence electrons. The van der Waals surface area contributed by atoms with Gasteiger partial charge in [-0.15, -0.1) is 0 Å². The molecule has 2 aromatic carbocycles. The van der Waals surface area contributed by atoms with E-state index in [9.17, 15) is 10.1 Å². The number of carbonyl (C=O) groups excluding carboxylic acids is 1. The molecule has 7 heteroatoms. The number of hydrogen-bond donors (Lipinski definition) is 1. The quantitative estimate of drug-likeness (QED) is 0.0729. The highest BCUT2D eigenvalue weighted by atomic mass is 16.5. The Morgan fingerprint density at radius 3 is 2.41 bits per heavy atom. The molecule has 1 unspecified atom stereocenters. The molecule has 0 amide bonds. The zero-order valence-electron chi connectivity index (χ0n) is 23.7. The molecule has 0 aliphatic carbocycles. The number of allylic oxidation sites excluding steroid dienone is 2. The van der Waals surface area contributed by atoms with Crippen LogP contribution in [-0.4, -0.2) is 24.7 Å². The van der Waals surface area contributed by atoms with Crippen LogP contribution in [0.1, 0.15) is 75.1 Å². The number of nitriles is 2. The lowest BCUT2D eigenvalue weighted by atomic mass is 10.0. The molecule has 0 fully saturated rings. The van der Waals surface area contributed by atoms with Gasteiger partial charge in [0.05, 0.1) is 17.7 Å². The number of aryl methyl sites for hydroxylation is 2. The third kappa shape index (κ3) is 10.1. The van der Waals surface area contributed by atoms with Gasteiger partial charge >= 0.3 is 5.97 Å². The maximum atomic E-state index is 12.4. The van der Waals surface area contributed by atoms with Gasteiger partial charge in [-0.25, -0.2) is 4.99 Å². The van der Waals surface area contributed by atoms with Crippen LogP contribution >= 0.6 is 0 Å². The van der Waals surface area contributed by atoms with Gasteiger partial charge in [0.15, 0.2) is 6.73 Å². The number of esters is 1. The molecule has 0 saturated heterocycles.